The average Bonchev–Trinajstić information content (AvgIpc) is 3.14. The standard InChI is InChI=1S/C17H22N4O3S2/c1-12-3-5-13(6-4-12)9-18-15(22)10-25-17-20-19-16(21(17)2)14-7-8-26(23,24)11-14/h3-6,14H,7-11H2,1-2H3,(H,18,22)/t14-/m0/s1. The molecule has 1 saturated heterocycles. The maximum absolute atomic E-state index is 12.0. The molecule has 26 heavy (non-hydrogen) atoms. The molecular weight excluding hydrogens is 372 g/mol. The van der Waals surface area contributed by atoms with Gasteiger partial charge in [-0.2, -0.15) is 0 Å². The Balaban J connectivity index is 1.52. The predicted octanol–water partition coefficient (Wildman–Crippen LogP) is 1.43. The molecule has 0 saturated carbocycles. The third-order valence-corrected chi connectivity index (χ3v) is 7.20. The number of hydrogen-bond donors (Lipinski definition) is 1. The quantitative estimate of drug-likeness (QED) is 0.745. The minimum atomic E-state index is -2.97. The number of thioether (sulfide) groups is 1. The third-order valence-electron chi connectivity index (χ3n) is 4.41. The third kappa shape index (κ3) is 4.64. The van der Waals surface area contributed by atoms with Gasteiger partial charge in [-0.1, -0.05) is 41.6 Å². The molecule has 1 aliphatic rings. The first-order chi connectivity index (χ1) is 12.3. The summed E-state index contributed by atoms with van der Waals surface area (Å²) in [5, 5.41) is 11.8. The molecule has 0 radical (unpaired) electrons. The number of nitrogens with one attached hydrogen (secondary N) is 1. The van der Waals surface area contributed by atoms with Crippen LogP contribution < -0.4 is 5.32 Å². The number of rotatable bonds is 6. The second-order valence-corrected chi connectivity index (χ2v) is 9.72. The van der Waals surface area contributed by atoms with Gasteiger partial charge < -0.3 is 9.88 Å². The fourth-order valence-corrected chi connectivity index (χ4v) is 5.38. The van der Waals surface area contributed by atoms with E-state index in [1.54, 1.807) is 4.57 Å². The van der Waals surface area contributed by atoms with Gasteiger partial charge in [-0.25, -0.2) is 8.42 Å². The molecule has 1 aromatic heterocycles. The smallest absolute Gasteiger partial charge is 0.230 e. The molecule has 2 heterocycles. The molecule has 0 bridgehead atoms. The lowest BCUT2D eigenvalue weighted by Crippen LogP contribution is -2.24. The van der Waals surface area contributed by atoms with E-state index in [-0.39, 0.29) is 29.1 Å². The molecule has 1 atom stereocenters. The van der Waals surface area contributed by atoms with Crippen LogP contribution in [0.3, 0.4) is 0 Å². The van der Waals surface area contributed by atoms with Crippen molar-refractivity contribution >= 4 is 27.5 Å². The van der Waals surface area contributed by atoms with Crippen LogP contribution in [0.1, 0.15) is 29.3 Å². The Morgan fingerprint density at radius 1 is 1.31 bits per heavy atom. The monoisotopic (exact) mass is 394 g/mol. The summed E-state index contributed by atoms with van der Waals surface area (Å²) in [6.45, 7) is 2.51. The summed E-state index contributed by atoms with van der Waals surface area (Å²) in [7, 11) is -1.15. The molecule has 3 rings (SSSR count). The Labute approximate surface area is 157 Å². The van der Waals surface area contributed by atoms with Crippen LogP contribution in [0, 0.1) is 6.92 Å². The van der Waals surface area contributed by atoms with E-state index in [9.17, 15) is 13.2 Å². The maximum Gasteiger partial charge on any atom is 0.230 e. The van der Waals surface area contributed by atoms with E-state index < -0.39 is 9.84 Å². The van der Waals surface area contributed by atoms with E-state index in [1.807, 2.05) is 38.2 Å². The van der Waals surface area contributed by atoms with Gasteiger partial charge in [0.05, 0.1) is 17.3 Å². The number of aromatic nitrogens is 3. The van der Waals surface area contributed by atoms with Crippen molar-refractivity contribution in [2.45, 2.75) is 31.0 Å². The first kappa shape index (κ1) is 18.9. The van der Waals surface area contributed by atoms with Crippen molar-refractivity contribution in [1.82, 2.24) is 20.1 Å². The van der Waals surface area contributed by atoms with Gasteiger partial charge in [-0.05, 0) is 18.9 Å². The first-order valence-corrected chi connectivity index (χ1v) is 11.2. The molecule has 1 N–H and O–H groups in total. The van der Waals surface area contributed by atoms with Gasteiger partial charge in [-0.15, -0.1) is 10.2 Å². The van der Waals surface area contributed by atoms with Gasteiger partial charge in [0, 0.05) is 19.5 Å². The molecule has 0 aliphatic carbocycles. The number of carbonyl (C=O) groups is 1. The summed E-state index contributed by atoms with van der Waals surface area (Å²) in [5.74, 6) is 1.05. The molecule has 1 aliphatic heterocycles. The van der Waals surface area contributed by atoms with Crippen LogP contribution in [0.5, 0.6) is 0 Å². The summed E-state index contributed by atoms with van der Waals surface area (Å²) >= 11 is 1.30. The van der Waals surface area contributed by atoms with Gasteiger partial charge >= 0.3 is 0 Å². The molecule has 0 unspecified atom stereocenters. The molecule has 1 aromatic carbocycles. The lowest BCUT2D eigenvalue weighted by Gasteiger charge is -2.08. The molecule has 0 spiro atoms. The normalized spacial score (nSPS) is 18.8. The highest BCUT2D eigenvalue weighted by molar-refractivity contribution is 7.99. The van der Waals surface area contributed by atoms with Crippen LogP contribution in [0.2, 0.25) is 0 Å². The number of nitrogens with zero attached hydrogens (tertiary/aromatic N) is 3. The lowest BCUT2D eigenvalue weighted by molar-refractivity contribution is -0.118. The van der Waals surface area contributed by atoms with Crippen LogP contribution in [-0.4, -0.2) is 46.3 Å². The summed E-state index contributed by atoms with van der Waals surface area (Å²) < 4.78 is 25.1. The first-order valence-electron chi connectivity index (χ1n) is 8.39. The van der Waals surface area contributed by atoms with Crippen molar-refractivity contribution < 1.29 is 13.2 Å². The molecule has 9 heteroatoms. The Morgan fingerprint density at radius 3 is 2.69 bits per heavy atom. The van der Waals surface area contributed by atoms with E-state index in [1.165, 1.54) is 17.3 Å². The second-order valence-electron chi connectivity index (χ2n) is 6.55. The Bertz CT molecular complexity index is 891. The fourth-order valence-electron chi connectivity index (χ4n) is 2.89. The molecule has 140 valence electrons. The summed E-state index contributed by atoms with van der Waals surface area (Å²) in [6.07, 6.45) is 0.579. The van der Waals surface area contributed by atoms with E-state index in [4.69, 9.17) is 0 Å². The number of amides is 1. The van der Waals surface area contributed by atoms with Crippen LogP contribution in [0.15, 0.2) is 29.4 Å². The van der Waals surface area contributed by atoms with Crippen LogP contribution in [0.4, 0.5) is 0 Å². The largest absolute Gasteiger partial charge is 0.351 e. The molecule has 2 aromatic rings. The molecule has 1 amide bonds. The van der Waals surface area contributed by atoms with Crippen molar-refractivity contribution in [2.75, 3.05) is 17.3 Å². The number of benzene rings is 1. The summed E-state index contributed by atoms with van der Waals surface area (Å²) in [5.41, 5.74) is 2.24. The predicted molar refractivity (Wildman–Crippen MR) is 101 cm³/mol. The number of hydrogen-bond acceptors (Lipinski definition) is 6. The number of aryl methyl sites for hydroxylation is 1. The average molecular weight is 395 g/mol. The van der Waals surface area contributed by atoms with Crippen LogP contribution >= 0.6 is 11.8 Å². The Kier molecular flexibility index (Phi) is 5.67. The van der Waals surface area contributed by atoms with Crippen molar-refractivity contribution in [3.63, 3.8) is 0 Å². The van der Waals surface area contributed by atoms with E-state index in [0.717, 1.165) is 5.56 Å². The van der Waals surface area contributed by atoms with Crippen molar-refractivity contribution in [3.05, 3.63) is 41.2 Å². The van der Waals surface area contributed by atoms with Crippen molar-refractivity contribution in [1.29, 1.82) is 0 Å². The maximum atomic E-state index is 12.0. The van der Waals surface area contributed by atoms with Gasteiger partial charge in [0.25, 0.3) is 0 Å². The van der Waals surface area contributed by atoms with Gasteiger partial charge in [-0.3, -0.25) is 4.79 Å². The van der Waals surface area contributed by atoms with Gasteiger partial charge in [0.1, 0.15) is 5.82 Å². The molecule has 1 fully saturated rings. The number of sulfone groups is 1. The Morgan fingerprint density at radius 2 is 2.04 bits per heavy atom. The minimum absolute atomic E-state index is 0.0800. The second kappa shape index (κ2) is 7.79. The lowest BCUT2D eigenvalue weighted by atomic mass is 10.1. The molecule has 7 nitrogen and oxygen atoms in total. The Hall–Kier alpha value is -1.87. The highest BCUT2D eigenvalue weighted by Crippen LogP contribution is 2.29. The zero-order valence-corrected chi connectivity index (χ0v) is 16.4. The minimum Gasteiger partial charge on any atom is -0.351 e. The summed E-state index contributed by atoms with van der Waals surface area (Å²) in [4.78, 5) is 12.0. The van der Waals surface area contributed by atoms with Crippen LogP contribution in [-0.2, 0) is 28.2 Å². The highest BCUT2D eigenvalue weighted by Gasteiger charge is 2.32. The highest BCUT2D eigenvalue weighted by atomic mass is 32.2. The van der Waals surface area contributed by atoms with E-state index in [2.05, 4.69) is 15.5 Å². The summed E-state index contributed by atoms with van der Waals surface area (Å²) in [6, 6.07) is 8.02. The van der Waals surface area contributed by atoms with Crippen molar-refractivity contribution in [2.24, 2.45) is 7.05 Å². The van der Waals surface area contributed by atoms with E-state index in [0.29, 0.717) is 23.9 Å². The zero-order valence-electron chi connectivity index (χ0n) is 14.8. The topological polar surface area (TPSA) is 94.0 Å². The zero-order chi connectivity index (χ0) is 18.7. The van der Waals surface area contributed by atoms with Crippen molar-refractivity contribution in [3.8, 4) is 0 Å². The van der Waals surface area contributed by atoms with Gasteiger partial charge in [0.15, 0.2) is 15.0 Å². The number of carbonyl (C=O) groups excluding carboxylic acids is 1. The van der Waals surface area contributed by atoms with Crippen LogP contribution in [0.25, 0.3) is 0 Å². The van der Waals surface area contributed by atoms with Gasteiger partial charge in [0.2, 0.25) is 5.91 Å². The fraction of sp³-hybridized carbons (Fsp3) is 0.471. The van der Waals surface area contributed by atoms with E-state index >= 15 is 0 Å². The SMILES string of the molecule is Cc1ccc(CNC(=O)CSc2nnc([C@H]3CCS(=O)(=O)C3)n2C)cc1. The molecular formula is C17H22N4O3S2.